The predicted molar refractivity (Wildman–Crippen MR) is 70.6 cm³/mol. The number of aromatic nitrogens is 1. The van der Waals surface area contributed by atoms with Gasteiger partial charge in [0.15, 0.2) is 0 Å². The lowest BCUT2D eigenvalue weighted by molar-refractivity contribution is -0.136. The highest BCUT2D eigenvalue weighted by Gasteiger charge is 2.08. The van der Waals surface area contributed by atoms with Gasteiger partial charge in [-0.1, -0.05) is 11.6 Å². The van der Waals surface area contributed by atoms with Crippen LogP contribution in [0.2, 0.25) is 5.02 Å². The predicted octanol–water partition coefficient (Wildman–Crippen LogP) is 2.33. The lowest BCUT2D eigenvalue weighted by Crippen LogP contribution is -2.28. The number of benzene rings is 1. The average molecular weight is 265 g/mol. The fraction of sp³-hybridized carbons (Fsp3) is 0.231. The van der Waals surface area contributed by atoms with Gasteiger partial charge in [0.1, 0.15) is 0 Å². The third-order valence-electron chi connectivity index (χ3n) is 2.71. The third-order valence-corrected chi connectivity index (χ3v) is 3.12. The first-order valence-electron chi connectivity index (χ1n) is 5.54. The second-order valence-corrected chi connectivity index (χ2v) is 4.63. The van der Waals surface area contributed by atoms with Gasteiger partial charge in [-0.05, 0) is 30.7 Å². The molecule has 0 bridgehead atoms. The highest BCUT2D eigenvalue weighted by molar-refractivity contribution is 6.35. The summed E-state index contributed by atoms with van der Waals surface area (Å²) in [6.45, 7) is 3.47. The van der Waals surface area contributed by atoms with Crippen LogP contribution >= 0.6 is 11.6 Å². The minimum atomic E-state index is -0.581. The summed E-state index contributed by atoms with van der Waals surface area (Å²) in [4.78, 5) is 25.1. The van der Waals surface area contributed by atoms with E-state index >= 15 is 0 Å². The highest BCUT2D eigenvalue weighted by atomic mass is 35.5. The molecule has 0 radical (unpaired) electrons. The van der Waals surface area contributed by atoms with E-state index in [4.69, 9.17) is 11.6 Å². The Hall–Kier alpha value is -1.81. The van der Waals surface area contributed by atoms with Crippen LogP contribution < -0.4 is 5.32 Å². The summed E-state index contributed by atoms with van der Waals surface area (Å²) in [6, 6.07) is 5.73. The van der Waals surface area contributed by atoms with Crippen molar-refractivity contribution in [3.63, 3.8) is 0 Å². The number of aryl methyl sites for hydroxylation is 1. The summed E-state index contributed by atoms with van der Waals surface area (Å²) in [7, 11) is 0. The number of H-pyrrole nitrogens is 1. The van der Waals surface area contributed by atoms with Gasteiger partial charge < -0.3 is 10.3 Å². The van der Waals surface area contributed by atoms with Gasteiger partial charge in [-0.25, -0.2) is 0 Å². The van der Waals surface area contributed by atoms with E-state index in [0.29, 0.717) is 11.6 Å². The van der Waals surface area contributed by atoms with Gasteiger partial charge >= 0.3 is 0 Å². The Bertz CT molecular complexity index is 592. The first kappa shape index (κ1) is 12.6. The molecule has 0 spiro atoms. The first-order chi connectivity index (χ1) is 8.47. The van der Waals surface area contributed by atoms with Crippen LogP contribution in [0.3, 0.4) is 0 Å². The molecule has 0 fully saturated rings. The van der Waals surface area contributed by atoms with Gasteiger partial charge in [0.2, 0.25) is 5.78 Å². The number of carbonyl (C=O) groups excluding carboxylic acids is 2. The van der Waals surface area contributed by atoms with Crippen molar-refractivity contribution in [1.82, 2.24) is 10.3 Å². The molecule has 0 aliphatic carbocycles. The van der Waals surface area contributed by atoms with E-state index in [1.807, 2.05) is 25.1 Å². The average Bonchev–Trinajstić information content (AvgIpc) is 2.68. The number of ketones is 1. The normalized spacial score (nSPS) is 10.6. The minimum Gasteiger partial charge on any atom is -0.357 e. The Balaban J connectivity index is 2.20. The van der Waals surface area contributed by atoms with Gasteiger partial charge in [0.05, 0.1) is 6.54 Å². The molecule has 1 amide bonds. The van der Waals surface area contributed by atoms with E-state index in [1.54, 1.807) is 0 Å². The van der Waals surface area contributed by atoms with Crippen LogP contribution in [0.5, 0.6) is 0 Å². The molecule has 0 saturated carbocycles. The van der Waals surface area contributed by atoms with Crippen LogP contribution in [0.15, 0.2) is 18.2 Å². The van der Waals surface area contributed by atoms with Gasteiger partial charge in [0.25, 0.3) is 5.91 Å². The van der Waals surface area contributed by atoms with Crippen LogP contribution in [0.1, 0.15) is 18.2 Å². The van der Waals surface area contributed by atoms with Crippen molar-refractivity contribution in [1.29, 1.82) is 0 Å². The van der Waals surface area contributed by atoms with E-state index in [-0.39, 0.29) is 0 Å². The zero-order chi connectivity index (χ0) is 13.3. The first-order valence-corrected chi connectivity index (χ1v) is 5.91. The van der Waals surface area contributed by atoms with Gasteiger partial charge in [-0.15, -0.1) is 0 Å². The molecule has 2 N–H and O–H groups in total. The molecular weight excluding hydrogens is 252 g/mol. The molecule has 0 saturated heterocycles. The van der Waals surface area contributed by atoms with Crippen molar-refractivity contribution < 1.29 is 9.59 Å². The van der Waals surface area contributed by atoms with E-state index < -0.39 is 11.7 Å². The monoisotopic (exact) mass is 264 g/mol. The molecule has 1 heterocycles. The lowest BCUT2D eigenvalue weighted by atomic mass is 10.2. The number of halogens is 1. The number of carbonyl (C=O) groups is 2. The van der Waals surface area contributed by atoms with Crippen LogP contribution in [0.25, 0.3) is 10.9 Å². The number of amides is 1. The van der Waals surface area contributed by atoms with Crippen LogP contribution in [-0.4, -0.2) is 16.7 Å². The Labute approximate surface area is 109 Å². The maximum Gasteiger partial charge on any atom is 0.287 e. The maximum atomic E-state index is 11.1. The van der Waals surface area contributed by atoms with E-state index in [2.05, 4.69) is 10.3 Å². The number of aromatic amines is 1. The number of fused-ring (bicyclic) bond motifs is 1. The van der Waals surface area contributed by atoms with Gasteiger partial charge in [0, 0.05) is 28.5 Å². The summed E-state index contributed by atoms with van der Waals surface area (Å²) in [5.41, 5.74) is 2.79. The third kappa shape index (κ3) is 2.54. The van der Waals surface area contributed by atoms with Gasteiger partial charge in [-0.2, -0.15) is 0 Å². The Morgan fingerprint density at radius 1 is 1.33 bits per heavy atom. The molecular formula is C13H13ClN2O2. The second kappa shape index (κ2) is 4.82. The van der Waals surface area contributed by atoms with Crippen molar-refractivity contribution in [3.8, 4) is 0 Å². The standard InChI is InChI=1S/C13H13ClN2O2/c1-7-3-12-9(5-11(7)14)4-10(16-12)6-15-13(18)8(2)17/h3-5,16H,6H2,1-2H3,(H,15,18). The Kier molecular flexibility index (Phi) is 3.39. The molecule has 0 aliphatic rings. The molecule has 5 heteroatoms. The summed E-state index contributed by atoms with van der Waals surface area (Å²) in [6.07, 6.45) is 0. The Morgan fingerprint density at radius 3 is 2.72 bits per heavy atom. The summed E-state index contributed by atoms with van der Waals surface area (Å²) in [5.74, 6) is -1.08. The number of rotatable bonds is 3. The number of hydrogen-bond donors (Lipinski definition) is 2. The molecule has 1 aromatic carbocycles. The van der Waals surface area contributed by atoms with Crippen molar-refractivity contribution in [2.24, 2.45) is 0 Å². The molecule has 94 valence electrons. The minimum absolute atomic E-state index is 0.295. The van der Waals surface area contributed by atoms with E-state index in [0.717, 1.165) is 22.2 Å². The molecule has 1 aromatic heterocycles. The van der Waals surface area contributed by atoms with Crippen molar-refractivity contribution in [3.05, 3.63) is 34.5 Å². The maximum absolute atomic E-state index is 11.1. The fourth-order valence-electron chi connectivity index (χ4n) is 1.72. The summed E-state index contributed by atoms with van der Waals surface area (Å²) < 4.78 is 0. The molecule has 0 atom stereocenters. The zero-order valence-electron chi connectivity index (χ0n) is 10.1. The fourth-order valence-corrected chi connectivity index (χ4v) is 1.89. The van der Waals surface area contributed by atoms with Gasteiger partial charge in [-0.3, -0.25) is 9.59 Å². The van der Waals surface area contributed by atoms with Crippen molar-refractivity contribution in [2.45, 2.75) is 20.4 Å². The summed E-state index contributed by atoms with van der Waals surface area (Å²) in [5, 5.41) is 4.23. The lowest BCUT2D eigenvalue weighted by Gasteiger charge is -1.99. The van der Waals surface area contributed by atoms with Crippen LogP contribution in [0, 0.1) is 6.92 Å². The largest absolute Gasteiger partial charge is 0.357 e. The van der Waals surface area contributed by atoms with E-state index in [1.165, 1.54) is 6.92 Å². The van der Waals surface area contributed by atoms with Crippen molar-refractivity contribution in [2.75, 3.05) is 0 Å². The quantitative estimate of drug-likeness (QED) is 0.836. The second-order valence-electron chi connectivity index (χ2n) is 4.22. The molecule has 4 nitrogen and oxygen atoms in total. The number of Topliss-reactive ketones (excluding diaryl/α,β-unsaturated/α-hetero) is 1. The topological polar surface area (TPSA) is 62.0 Å². The molecule has 2 rings (SSSR count). The zero-order valence-corrected chi connectivity index (χ0v) is 10.9. The van der Waals surface area contributed by atoms with E-state index in [9.17, 15) is 9.59 Å². The Morgan fingerprint density at radius 2 is 2.06 bits per heavy atom. The van der Waals surface area contributed by atoms with Crippen molar-refractivity contribution >= 4 is 34.2 Å². The molecule has 18 heavy (non-hydrogen) atoms. The number of nitrogens with one attached hydrogen (secondary N) is 2. The number of hydrogen-bond acceptors (Lipinski definition) is 2. The smallest absolute Gasteiger partial charge is 0.287 e. The van der Waals surface area contributed by atoms with Crippen LogP contribution in [-0.2, 0) is 16.1 Å². The molecule has 0 unspecified atom stereocenters. The molecule has 2 aromatic rings. The highest BCUT2D eigenvalue weighted by Crippen LogP contribution is 2.23. The SMILES string of the molecule is CC(=O)C(=O)NCc1cc2cc(Cl)c(C)cc2[nH]1. The summed E-state index contributed by atoms with van der Waals surface area (Å²) >= 11 is 6.04. The van der Waals surface area contributed by atoms with Crippen LogP contribution in [0.4, 0.5) is 0 Å². The molecule has 0 aliphatic heterocycles.